The summed E-state index contributed by atoms with van der Waals surface area (Å²) in [5, 5.41) is 5.01. The molecule has 4 aliphatic rings. The van der Waals surface area contributed by atoms with E-state index in [2.05, 4.69) is 10.3 Å². The number of aromatic nitrogens is 2. The Morgan fingerprint density at radius 1 is 1.09 bits per heavy atom. The maximum absolute atomic E-state index is 13.8. The van der Waals surface area contributed by atoms with Crippen LogP contribution >= 0.6 is 11.3 Å². The molecule has 1 N–H and O–H groups in total. The van der Waals surface area contributed by atoms with Crippen molar-refractivity contribution in [1.29, 1.82) is 0 Å². The number of nitrogens with one attached hydrogen (secondary N) is 1. The molecule has 0 radical (unpaired) electrons. The Labute approximate surface area is 264 Å². The van der Waals surface area contributed by atoms with Crippen LogP contribution in [-0.4, -0.2) is 81.8 Å². The number of likely N-dealkylation sites (tertiary alicyclic amines) is 1. The second-order valence-corrected chi connectivity index (χ2v) is 12.7. The highest BCUT2D eigenvalue weighted by atomic mass is 32.1. The minimum atomic E-state index is -0.465. The van der Waals surface area contributed by atoms with Crippen LogP contribution in [0.1, 0.15) is 46.6 Å². The SMILES string of the molecule is COc1cc2ccc1Oc1cccc(c1)CO[C@H]1CN(C(=O)c3c(C)nc4sccn34)C[C@@H]1NC(=O)CN(C1CC1)C(=O)CC2. The number of aryl methyl sites for hydroxylation is 2. The summed E-state index contributed by atoms with van der Waals surface area (Å²) in [4.78, 5) is 49.3. The van der Waals surface area contributed by atoms with Crippen molar-refractivity contribution in [2.75, 3.05) is 26.7 Å². The number of carbonyl (C=O) groups is 3. The number of carbonyl (C=O) groups excluding carboxylic acids is 3. The van der Waals surface area contributed by atoms with Gasteiger partial charge in [0.05, 0.1) is 38.1 Å². The molecule has 45 heavy (non-hydrogen) atoms. The van der Waals surface area contributed by atoms with Crippen LogP contribution in [0.5, 0.6) is 17.2 Å². The molecule has 11 nitrogen and oxygen atoms in total. The van der Waals surface area contributed by atoms with E-state index in [0.717, 1.165) is 28.9 Å². The fourth-order valence-corrected chi connectivity index (χ4v) is 6.90. The number of ether oxygens (including phenoxy) is 3. The summed E-state index contributed by atoms with van der Waals surface area (Å²) in [6.07, 6.45) is 3.93. The van der Waals surface area contributed by atoms with Crippen molar-refractivity contribution in [2.45, 2.75) is 57.4 Å². The quantitative estimate of drug-likeness (QED) is 0.365. The molecular formula is C33H35N5O6S. The average Bonchev–Trinajstić information content (AvgIpc) is 3.52. The number of imidazole rings is 1. The Kier molecular flexibility index (Phi) is 7.92. The molecular weight excluding hydrogens is 594 g/mol. The van der Waals surface area contributed by atoms with Crippen molar-refractivity contribution in [3.63, 3.8) is 0 Å². The molecule has 2 aromatic carbocycles. The summed E-state index contributed by atoms with van der Waals surface area (Å²) < 4.78 is 20.0. The Bertz CT molecular complexity index is 1760. The van der Waals surface area contributed by atoms with Crippen LogP contribution in [0.2, 0.25) is 0 Å². The molecule has 234 valence electrons. The molecule has 5 heterocycles. The van der Waals surface area contributed by atoms with Gasteiger partial charge in [0.25, 0.3) is 5.91 Å². The van der Waals surface area contributed by atoms with Gasteiger partial charge < -0.3 is 29.3 Å². The summed E-state index contributed by atoms with van der Waals surface area (Å²) in [6.45, 7) is 2.62. The minimum Gasteiger partial charge on any atom is -0.493 e. The van der Waals surface area contributed by atoms with Gasteiger partial charge in [-0.15, -0.1) is 11.3 Å². The second kappa shape index (κ2) is 12.2. The summed E-state index contributed by atoms with van der Waals surface area (Å²) in [5.41, 5.74) is 3.00. The fraction of sp³-hybridized carbons (Fsp3) is 0.394. The predicted molar refractivity (Wildman–Crippen MR) is 167 cm³/mol. The normalized spacial score (nSPS) is 21.1. The van der Waals surface area contributed by atoms with E-state index >= 15 is 0 Å². The van der Waals surface area contributed by atoms with E-state index in [1.54, 1.807) is 16.9 Å². The Balaban J connectivity index is 1.17. The lowest BCUT2D eigenvalue weighted by molar-refractivity contribution is -0.137. The third-order valence-electron chi connectivity index (χ3n) is 8.61. The number of amides is 3. The first-order chi connectivity index (χ1) is 21.9. The number of methoxy groups -OCH3 is 1. The van der Waals surface area contributed by atoms with Gasteiger partial charge >= 0.3 is 0 Å². The molecule has 3 amide bonds. The molecule has 2 aromatic heterocycles. The standard InChI is InChI=1S/C33H35N5O6S/c1-20-31(37-12-13-45-33(37)34-20)32(41)36-16-25-28(17-36)43-19-22-4-3-5-24(14-22)44-26-10-6-21(15-27(26)42-2)7-11-30(40)38(23-8-9-23)18-29(39)35-25/h3-6,10,12-15,23,25,28H,7-9,11,16-19H2,1-2H3,(H,35,39)/t25-,28-/m0/s1. The predicted octanol–water partition coefficient (Wildman–Crippen LogP) is 3.97. The highest BCUT2D eigenvalue weighted by molar-refractivity contribution is 7.15. The third-order valence-corrected chi connectivity index (χ3v) is 9.36. The fourth-order valence-electron chi connectivity index (χ4n) is 6.14. The minimum absolute atomic E-state index is 0.0317. The van der Waals surface area contributed by atoms with Gasteiger partial charge in [-0.25, -0.2) is 4.98 Å². The topological polar surface area (TPSA) is 115 Å². The van der Waals surface area contributed by atoms with E-state index in [1.807, 2.05) is 65.4 Å². The first-order valence-electron chi connectivity index (χ1n) is 15.2. The van der Waals surface area contributed by atoms with Crippen LogP contribution in [0, 0.1) is 6.92 Å². The monoisotopic (exact) mass is 629 g/mol. The van der Waals surface area contributed by atoms with E-state index < -0.39 is 12.1 Å². The first-order valence-corrected chi connectivity index (χ1v) is 16.1. The Morgan fingerprint density at radius 2 is 1.96 bits per heavy atom. The van der Waals surface area contributed by atoms with Gasteiger partial charge in [-0.1, -0.05) is 18.2 Å². The van der Waals surface area contributed by atoms with E-state index in [1.165, 1.54) is 11.3 Å². The Hall–Kier alpha value is -4.42. The van der Waals surface area contributed by atoms with Crippen molar-refractivity contribution in [3.05, 3.63) is 76.6 Å². The van der Waals surface area contributed by atoms with Crippen molar-refractivity contribution in [3.8, 4) is 17.2 Å². The van der Waals surface area contributed by atoms with Crippen LogP contribution in [0.3, 0.4) is 0 Å². The zero-order valence-corrected chi connectivity index (χ0v) is 26.0. The van der Waals surface area contributed by atoms with Gasteiger partial charge in [0.2, 0.25) is 11.8 Å². The largest absolute Gasteiger partial charge is 0.493 e. The lowest BCUT2D eigenvalue weighted by Gasteiger charge is -2.25. The molecule has 4 aromatic rings. The second-order valence-electron chi connectivity index (χ2n) is 11.8. The molecule has 1 saturated heterocycles. The summed E-state index contributed by atoms with van der Waals surface area (Å²) in [6, 6.07) is 12.9. The molecule has 0 unspecified atom stereocenters. The van der Waals surface area contributed by atoms with Crippen LogP contribution in [0.4, 0.5) is 0 Å². The maximum atomic E-state index is 13.8. The van der Waals surface area contributed by atoms with Gasteiger partial charge in [0.15, 0.2) is 16.5 Å². The first kappa shape index (κ1) is 29.3. The van der Waals surface area contributed by atoms with Crippen LogP contribution in [0.15, 0.2) is 54.0 Å². The number of benzene rings is 2. The van der Waals surface area contributed by atoms with Gasteiger partial charge in [0.1, 0.15) is 11.4 Å². The lowest BCUT2D eigenvalue weighted by atomic mass is 10.1. The zero-order valence-electron chi connectivity index (χ0n) is 25.2. The van der Waals surface area contributed by atoms with E-state index in [4.69, 9.17) is 14.2 Å². The average molecular weight is 630 g/mol. The smallest absolute Gasteiger partial charge is 0.272 e. The Morgan fingerprint density at radius 3 is 2.78 bits per heavy atom. The lowest BCUT2D eigenvalue weighted by Crippen LogP contribution is -2.49. The van der Waals surface area contributed by atoms with Gasteiger partial charge in [-0.3, -0.25) is 18.8 Å². The summed E-state index contributed by atoms with van der Waals surface area (Å²) >= 11 is 1.47. The molecule has 2 atom stereocenters. The van der Waals surface area contributed by atoms with Crippen LogP contribution in [0.25, 0.3) is 4.96 Å². The number of hydrogen-bond acceptors (Lipinski definition) is 8. The number of hydrogen-bond donors (Lipinski definition) is 1. The molecule has 3 aliphatic heterocycles. The van der Waals surface area contributed by atoms with Gasteiger partial charge in [0, 0.05) is 37.1 Å². The van der Waals surface area contributed by atoms with Crippen molar-refractivity contribution in [1.82, 2.24) is 24.5 Å². The number of nitrogens with zero attached hydrogens (tertiary/aromatic N) is 4. The molecule has 0 spiro atoms. The van der Waals surface area contributed by atoms with Crippen LogP contribution < -0.4 is 14.8 Å². The van der Waals surface area contributed by atoms with Crippen LogP contribution in [-0.2, 0) is 27.4 Å². The van der Waals surface area contributed by atoms with Gasteiger partial charge in [-0.05, 0) is 61.6 Å². The molecule has 1 aliphatic carbocycles. The van der Waals surface area contributed by atoms with E-state index in [0.29, 0.717) is 41.6 Å². The van der Waals surface area contributed by atoms with Gasteiger partial charge in [-0.2, -0.15) is 0 Å². The third kappa shape index (κ3) is 6.12. The van der Waals surface area contributed by atoms with Crippen molar-refractivity contribution in [2.24, 2.45) is 0 Å². The number of fused-ring (bicyclic) bond motifs is 10. The summed E-state index contributed by atoms with van der Waals surface area (Å²) in [5.74, 6) is 1.28. The van der Waals surface area contributed by atoms with Crippen molar-refractivity contribution < 1.29 is 28.6 Å². The number of rotatable bonds is 3. The molecule has 2 fully saturated rings. The summed E-state index contributed by atoms with van der Waals surface area (Å²) in [7, 11) is 1.59. The molecule has 8 rings (SSSR count). The van der Waals surface area contributed by atoms with E-state index in [9.17, 15) is 14.4 Å². The molecule has 4 bridgehead atoms. The highest BCUT2D eigenvalue weighted by Gasteiger charge is 2.40. The zero-order chi connectivity index (χ0) is 31.1. The molecule has 1 saturated carbocycles. The maximum Gasteiger partial charge on any atom is 0.272 e. The number of thiazole rings is 1. The van der Waals surface area contributed by atoms with E-state index in [-0.39, 0.29) is 49.9 Å². The highest BCUT2D eigenvalue weighted by Crippen LogP contribution is 2.34. The van der Waals surface area contributed by atoms with Crippen molar-refractivity contribution >= 4 is 34.0 Å². The molecule has 12 heteroatoms.